The first-order chi connectivity index (χ1) is 8.84. The molecule has 0 spiro atoms. The summed E-state index contributed by atoms with van der Waals surface area (Å²) >= 11 is 0. The Bertz CT molecular complexity index is 413. The Morgan fingerprint density at radius 2 is 1.89 bits per heavy atom. The van der Waals surface area contributed by atoms with Crippen LogP contribution >= 0.6 is 0 Å². The molecule has 4 heteroatoms. The minimum absolute atomic E-state index is 0.0717. The Balaban J connectivity index is 2.47. The molecule has 19 heavy (non-hydrogen) atoms. The van der Waals surface area contributed by atoms with Crippen molar-refractivity contribution in [3.63, 3.8) is 0 Å². The molecule has 0 aliphatic heterocycles. The monoisotopic (exact) mass is 264 g/mol. The minimum Gasteiger partial charge on any atom is -0.396 e. The molecule has 0 aliphatic carbocycles. The molecule has 0 heterocycles. The largest absolute Gasteiger partial charge is 0.396 e. The molecular weight excluding hydrogens is 240 g/mol. The topological polar surface area (TPSA) is 61.4 Å². The lowest BCUT2D eigenvalue weighted by Crippen LogP contribution is -2.43. The molecule has 0 aromatic heterocycles. The Labute approximate surface area is 115 Å². The zero-order chi connectivity index (χ0) is 14.5. The smallest absolute Gasteiger partial charge is 0.241 e. The molecule has 3 N–H and O–H groups in total. The highest BCUT2D eigenvalue weighted by atomic mass is 16.3. The number of carbonyl (C=O) groups excluding carboxylic acids is 1. The summed E-state index contributed by atoms with van der Waals surface area (Å²) in [6.07, 6.45) is 0. The van der Waals surface area contributed by atoms with E-state index < -0.39 is 0 Å². The van der Waals surface area contributed by atoms with E-state index in [-0.39, 0.29) is 24.0 Å². The van der Waals surface area contributed by atoms with Gasteiger partial charge in [0.2, 0.25) is 5.91 Å². The fourth-order valence-corrected chi connectivity index (χ4v) is 1.47. The van der Waals surface area contributed by atoms with Crippen LogP contribution in [0.3, 0.4) is 0 Å². The first-order valence-electron chi connectivity index (χ1n) is 6.56. The number of hydrogen-bond donors (Lipinski definition) is 3. The third kappa shape index (κ3) is 5.41. The van der Waals surface area contributed by atoms with Crippen molar-refractivity contribution < 1.29 is 9.90 Å². The zero-order valence-corrected chi connectivity index (χ0v) is 12.2. The minimum atomic E-state index is -0.299. The summed E-state index contributed by atoms with van der Waals surface area (Å²) in [4.78, 5) is 12.0. The molecular formula is C15H24N2O2. The Hall–Kier alpha value is -1.39. The molecule has 0 bridgehead atoms. The van der Waals surface area contributed by atoms with Crippen LogP contribution in [0.4, 0.5) is 5.69 Å². The fourth-order valence-electron chi connectivity index (χ4n) is 1.47. The first kappa shape index (κ1) is 15.7. The summed E-state index contributed by atoms with van der Waals surface area (Å²) in [6, 6.07) is 7.40. The highest BCUT2D eigenvalue weighted by molar-refractivity contribution is 5.94. The van der Waals surface area contributed by atoms with E-state index in [0.29, 0.717) is 6.54 Å². The standard InChI is InChI=1S/C15H24N2O2/c1-11-5-7-13(8-6-11)17-14(19)12(2)16-9-15(3,4)10-18/h5-8,12,16,18H,9-10H2,1-4H3,(H,17,19). The van der Waals surface area contributed by atoms with Crippen molar-refractivity contribution in [2.75, 3.05) is 18.5 Å². The van der Waals surface area contributed by atoms with Gasteiger partial charge in [-0.1, -0.05) is 31.5 Å². The van der Waals surface area contributed by atoms with Crippen LogP contribution in [0.25, 0.3) is 0 Å². The van der Waals surface area contributed by atoms with Crippen molar-refractivity contribution in [3.05, 3.63) is 29.8 Å². The molecule has 1 rings (SSSR count). The Kier molecular flexibility index (Phi) is 5.51. The SMILES string of the molecule is Cc1ccc(NC(=O)C(C)NCC(C)(C)CO)cc1. The van der Waals surface area contributed by atoms with Gasteiger partial charge in [-0.25, -0.2) is 0 Å². The summed E-state index contributed by atoms with van der Waals surface area (Å²) in [5.74, 6) is -0.0717. The van der Waals surface area contributed by atoms with Gasteiger partial charge in [-0.2, -0.15) is 0 Å². The Morgan fingerprint density at radius 3 is 2.42 bits per heavy atom. The van der Waals surface area contributed by atoms with E-state index in [1.54, 1.807) is 0 Å². The molecule has 106 valence electrons. The lowest BCUT2D eigenvalue weighted by molar-refractivity contribution is -0.117. The molecule has 0 radical (unpaired) electrons. The molecule has 1 unspecified atom stereocenters. The molecule has 0 saturated carbocycles. The van der Waals surface area contributed by atoms with Crippen LogP contribution in [-0.2, 0) is 4.79 Å². The predicted octanol–water partition coefficient (Wildman–Crippen LogP) is 1.93. The fraction of sp³-hybridized carbons (Fsp3) is 0.533. The van der Waals surface area contributed by atoms with E-state index in [1.807, 2.05) is 52.0 Å². The number of amides is 1. The van der Waals surface area contributed by atoms with E-state index >= 15 is 0 Å². The molecule has 0 aliphatic rings. The summed E-state index contributed by atoms with van der Waals surface area (Å²) < 4.78 is 0. The van der Waals surface area contributed by atoms with Gasteiger partial charge in [-0.05, 0) is 26.0 Å². The summed E-state index contributed by atoms with van der Waals surface area (Å²) in [5.41, 5.74) is 1.73. The number of hydrogen-bond acceptors (Lipinski definition) is 3. The summed E-state index contributed by atoms with van der Waals surface area (Å²) in [7, 11) is 0. The highest BCUT2D eigenvalue weighted by Gasteiger charge is 2.19. The highest BCUT2D eigenvalue weighted by Crippen LogP contribution is 2.12. The van der Waals surface area contributed by atoms with Gasteiger partial charge < -0.3 is 15.7 Å². The van der Waals surface area contributed by atoms with Crippen molar-refractivity contribution in [2.24, 2.45) is 5.41 Å². The third-order valence-electron chi connectivity index (χ3n) is 3.03. The number of rotatable bonds is 6. The van der Waals surface area contributed by atoms with Crippen LogP contribution in [0.2, 0.25) is 0 Å². The number of aryl methyl sites for hydroxylation is 1. The maximum atomic E-state index is 12.0. The van der Waals surface area contributed by atoms with Crippen LogP contribution in [0.1, 0.15) is 26.3 Å². The van der Waals surface area contributed by atoms with E-state index in [4.69, 9.17) is 5.11 Å². The van der Waals surface area contributed by atoms with Crippen molar-refractivity contribution >= 4 is 11.6 Å². The lowest BCUT2D eigenvalue weighted by atomic mass is 9.94. The maximum Gasteiger partial charge on any atom is 0.241 e. The number of carbonyl (C=O) groups is 1. The van der Waals surface area contributed by atoms with Gasteiger partial charge in [0.05, 0.1) is 6.04 Å². The van der Waals surface area contributed by atoms with E-state index in [2.05, 4.69) is 10.6 Å². The van der Waals surface area contributed by atoms with Gasteiger partial charge in [0, 0.05) is 24.3 Å². The molecule has 0 saturated heterocycles. The van der Waals surface area contributed by atoms with Crippen LogP contribution in [-0.4, -0.2) is 30.2 Å². The average molecular weight is 264 g/mol. The first-order valence-corrected chi connectivity index (χ1v) is 6.56. The lowest BCUT2D eigenvalue weighted by Gasteiger charge is -2.24. The second-order valence-corrected chi connectivity index (χ2v) is 5.78. The number of aliphatic hydroxyl groups excluding tert-OH is 1. The number of aliphatic hydroxyl groups is 1. The second kappa shape index (κ2) is 6.68. The van der Waals surface area contributed by atoms with Gasteiger partial charge in [-0.15, -0.1) is 0 Å². The van der Waals surface area contributed by atoms with Crippen LogP contribution in [0.15, 0.2) is 24.3 Å². The molecule has 1 aromatic carbocycles. The van der Waals surface area contributed by atoms with Crippen molar-refractivity contribution in [3.8, 4) is 0 Å². The van der Waals surface area contributed by atoms with Gasteiger partial charge >= 0.3 is 0 Å². The van der Waals surface area contributed by atoms with E-state index in [1.165, 1.54) is 0 Å². The van der Waals surface area contributed by atoms with Gasteiger partial charge in [0.25, 0.3) is 0 Å². The van der Waals surface area contributed by atoms with Crippen molar-refractivity contribution in [1.82, 2.24) is 5.32 Å². The zero-order valence-electron chi connectivity index (χ0n) is 12.2. The molecule has 1 atom stereocenters. The van der Waals surface area contributed by atoms with Crippen LogP contribution in [0.5, 0.6) is 0 Å². The average Bonchev–Trinajstić information content (AvgIpc) is 2.38. The second-order valence-electron chi connectivity index (χ2n) is 5.78. The molecule has 4 nitrogen and oxygen atoms in total. The van der Waals surface area contributed by atoms with Gasteiger partial charge in [0.15, 0.2) is 0 Å². The number of anilines is 1. The molecule has 1 amide bonds. The number of nitrogens with one attached hydrogen (secondary N) is 2. The predicted molar refractivity (Wildman–Crippen MR) is 78.1 cm³/mol. The van der Waals surface area contributed by atoms with Crippen molar-refractivity contribution in [2.45, 2.75) is 33.7 Å². The Morgan fingerprint density at radius 1 is 1.32 bits per heavy atom. The van der Waals surface area contributed by atoms with Crippen molar-refractivity contribution in [1.29, 1.82) is 0 Å². The van der Waals surface area contributed by atoms with E-state index in [0.717, 1.165) is 11.3 Å². The molecule has 0 fully saturated rings. The summed E-state index contributed by atoms with van der Waals surface area (Å²) in [5, 5.41) is 15.2. The molecule has 1 aromatic rings. The quantitative estimate of drug-likeness (QED) is 0.735. The normalized spacial score (nSPS) is 13.1. The van der Waals surface area contributed by atoms with Gasteiger partial charge in [-0.3, -0.25) is 4.79 Å². The van der Waals surface area contributed by atoms with E-state index in [9.17, 15) is 4.79 Å². The maximum absolute atomic E-state index is 12.0. The number of benzene rings is 1. The van der Waals surface area contributed by atoms with Crippen LogP contribution in [0, 0.1) is 12.3 Å². The van der Waals surface area contributed by atoms with Gasteiger partial charge in [0.1, 0.15) is 0 Å². The summed E-state index contributed by atoms with van der Waals surface area (Å²) in [6.45, 7) is 8.40. The third-order valence-corrected chi connectivity index (χ3v) is 3.03. The van der Waals surface area contributed by atoms with Crippen LogP contribution < -0.4 is 10.6 Å².